The Kier molecular flexibility index (Phi) is 6.07. The fourth-order valence-electron chi connectivity index (χ4n) is 3.05. The smallest absolute Gasteiger partial charge is 0.132 e. The van der Waals surface area contributed by atoms with Crippen molar-refractivity contribution in [1.29, 1.82) is 0 Å². The highest BCUT2D eigenvalue weighted by Crippen LogP contribution is 2.35. The zero-order chi connectivity index (χ0) is 19.9. The SMILES string of the molecule is C=CCc1cc(C=Nc2ccccc2)c(O)c(-c2ccc(O)c(CC=C)c2)c1. The quantitative estimate of drug-likeness (QED) is 0.398. The summed E-state index contributed by atoms with van der Waals surface area (Å²) < 4.78 is 0. The Hall–Kier alpha value is -3.59. The lowest BCUT2D eigenvalue weighted by molar-refractivity contribution is 0.469. The number of phenolic OH excluding ortho intramolecular Hbond substituents is 2. The van der Waals surface area contributed by atoms with Crippen molar-refractivity contribution in [2.45, 2.75) is 12.8 Å². The molecule has 0 bridgehead atoms. The molecule has 3 aromatic carbocycles. The summed E-state index contributed by atoms with van der Waals surface area (Å²) in [6.45, 7) is 7.55. The zero-order valence-corrected chi connectivity index (χ0v) is 15.7. The number of aromatic hydroxyl groups is 2. The van der Waals surface area contributed by atoms with Gasteiger partial charge in [0.25, 0.3) is 0 Å². The van der Waals surface area contributed by atoms with Gasteiger partial charge in [0.05, 0.1) is 5.69 Å². The lowest BCUT2D eigenvalue weighted by Gasteiger charge is -2.12. The Morgan fingerprint density at radius 1 is 0.857 bits per heavy atom. The van der Waals surface area contributed by atoms with Gasteiger partial charge in [-0.3, -0.25) is 4.99 Å². The number of nitrogens with zero attached hydrogens (tertiary/aromatic N) is 1. The molecule has 0 atom stereocenters. The van der Waals surface area contributed by atoms with Crippen LogP contribution in [-0.4, -0.2) is 16.4 Å². The van der Waals surface area contributed by atoms with Gasteiger partial charge in [0.1, 0.15) is 11.5 Å². The largest absolute Gasteiger partial charge is 0.508 e. The van der Waals surface area contributed by atoms with E-state index in [1.165, 1.54) is 0 Å². The molecule has 3 heteroatoms. The predicted octanol–water partition coefficient (Wildman–Crippen LogP) is 5.97. The van der Waals surface area contributed by atoms with E-state index in [2.05, 4.69) is 18.2 Å². The van der Waals surface area contributed by atoms with Crippen molar-refractivity contribution in [2.24, 2.45) is 4.99 Å². The van der Waals surface area contributed by atoms with Gasteiger partial charge in [-0.15, -0.1) is 13.2 Å². The van der Waals surface area contributed by atoms with Gasteiger partial charge < -0.3 is 10.2 Å². The molecule has 3 nitrogen and oxygen atoms in total. The molecule has 0 radical (unpaired) electrons. The van der Waals surface area contributed by atoms with Crippen LogP contribution in [0.3, 0.4) is 0 Å². The van der Waals surface area contributed by atoms with E-state index in [-0.39, 0.29) is 11.5 Å². The third kappa shape index (κ3) is 4.38. The van der Waals surface area contributed by atoms with Crippen LogP contribution >= 0.6 is 0 Å². The molecule has 0 saturated carbocycles. The molecule has 3 rings (SSSR count). The molecule has 0 amide bonds. The summed E-state index contributed by atoms with van der Waals surface area (Å²) in [5.41, 5.74) is 4.76. The molecule has 3 aromatic rings. The maximum atomic E-state index is 10.9. The van der Waals surface area contributed by atoms with Crippen LogP contribution in [0.1, 0.15) is 16.7 Å². The lowest BCUT2D eigenvalue weighted by atomic mass is 9.95. The Morgan fingerprint density at radius 2 is 1.61 bits per heavy atom. The van der Waals surface area contributed by atoms with Crippen molar-refractivity contribution in [1.82, 2.24) is 0 Å². The summed E-state index contributed by atoms with van der Waals surface area (Å²) in [4.78, 5) is 4.47. The standard InChI is InChI=1S/C25H23NO2/c1-3-8-18-14-21(17-26-22-10-6-5-7-11-22)25(28)23(15-18)19-12-13-24(27)20(16-19)9-4-2/h3-7,10-17,27-28H,1-2,8-9H2. The molecule has 0 saturated heterocycles. The first-order chi connectivity index (χ1) is 13.6. The molecule has 0 spiro atoms. The zero-order valence-electron chi connectivity index (χ0n) is 15.7. The molecule has 2 N–H and O–H groups in total. The van der Waals surface area contributed by atoms with Gasteiger partial charge in [0.2, 0.25) is 0 Å². The number of para-hydroxylation sites is 1. The van der Waals surface area contributed by atoms with Gasteiger partial charge in [0.15, 0.2) is 0 Å². The minimum absolute atomic E-state index is 0.155. The van der Waals surface area contributed by atoms with Crippen LogP contribution in [0.5, 0.6) is 11.5 Å². The molecule has 0 fully saturated rings. The Labute approximate surface area is 165 Å². The van der Waals surface area contributed by atoms with Gasteiger partial charge in [-0.2, -0.15) is 0 Å². The van der Waals surface area contributed by atoms with Crippen molar-refractivity contribution in [3.8, 4) is 22.6 Å². The monoisotopic (exact) mass is 369 g/mol. The van der Waals surface area contributed by atoms with E-state index in [1.807, 2.05) is 54.6 Å². The molecule has 0 aromatic heterocycles. The topological polar surface area (TPSA) is 52.8 Å². The van der Waals surface area contributed by atoms with Crippen LogP contribution in [0.25, 0.3) is 11.1 Å². The van der Waals surface area contributed by atoms with Crippen molar-refractivity contribution in [2.75, 3.05) is 0 Å². The van der Waals surface area contributed by atoms with Gasteiger partial charge in [-0.05, 0) is 65.9 Å². The second-order valence-corrected chi connectivity index (χ2v) is 6.50. The van der Waals surface area contributed by atoms with Gasteiger partial charge in [-0.25, -0.2) is 0 Å². The molecule has 0 aliphatic carbocycles. The van der Waals surface area contributed by atoms with Crippen molar-refractivity contribution >= 4 is 11.9 Å². The van der Waals surface area contributed by atoms with Gasteiger partial charge >= 0.3 is 0 Å². The van der Waals surface area contributed by atoms with E-state index in [0.29, 0.717) is 24.0 Å². The first-order valence-electron chi connectivity index (χ1n) is 9.11. The molecule has 0 aliphatic heterocycles. The predicted molar refractivity (Wildman–Crippen MR) is 117 cm³/mol. The number of hydrogen-bond donors (Lipinski definition) is 2. The Balaban J connectivity index is 2.09. The molecular weight excluding hydrogens is 346 g/mol. The van der Waals surface area contributed by atoms with Crippen molar-refractivity contribution in [3.63, 3.8) is 0 Å². The molecule has 0 aliphatic rings. The summed E-state index contributed by atoms with van der Waals surface area (Å²) in [5, 5.41) is 20.9. The van der Waals surface area contributed by atoms with Crippen LogP contribution in [0.15, 0.2) is 91.0 Å². The van der Waals surface area contributed by atoms with E-state index < -0.39 is 0 Å². The summed E-state index contributed by atoms with van der Waals surface area (Å²) in [5.74, 6) is 0.374. The first-order valence-corrected chi connectivity index (χ1v) is 9.11. The minimum Gasteiger partial charge on any atom is -0.508 e. The number of aliphatic imine (C=N–C) groups is 1. The van der Waals surface area contributed by atoms with E-state index in [1.54, 1.807) is 24.4 Å². The Morgan fingerprint density at radius 3 is 2.32 bits per heavy atom. The van der Waals surface area contributed by atoms with Gasteiger partial charge in [0, 0.05) is 17.3 Å². The van der Waals surface area contributed by atoms with E-state index in [9.17, 15) is 10.2 Å². The van der Waals surface area contributed by atoms with Crippen molar-refractivity contribution in [3.05, 3.63) is 103 Å². The molecule has 28 heavy (non-hydrogen) atoms. The summed E-state index contributed by atoms with van der Waals surface area (Å²) >= 11 is 0. The highest BCUT2D eigenvalue weighted by molar-refractivity contribution is 5.90. The van der Waals surface area contributed by atoms with Gasteiger partial charge in [-0.1, -0.05) is 36.4 Å². The average molecular weight is 369 g/mol. The summed E-state index contributed by atoms with van der Waals surface area (Å²) in [7, 11) is 0. The number of phenols is 2. The molecule has 140 valence electrons. The number of hydrogen-bond acceptors (Lipinski definition) is 3. The Bertz CT molecular complexity index is 1020. The normalized spacial score (nSPS) is 10.9. The van der Waals surface area contributed by atoms with Crippen LogP contribution in [0.4, 0.5) is 5.69 Å². The van der Waals surface area contributed by atoms with Crippen LogP contribution in [0, 0.1) is 0 Å². The second-order valence-electron chi connectivity index (χ2n) is 6.50. The summed E-state index contributed by atoms with van der Waals surface area (Å²) in [6.07, 6.45) is 6.47. The number of benzene rings is 3. The second kappa shape index (κ2) is 8.87. The number of allylic oxidation sites excluding steroid dienone is 2. The third-order valence-corrected chi connectivity index (χ3v) is 4.44. The first kappa shape index (κ1) is 19.2. The summed E-state index contributed by atoms with van der Waals surface area (Å²) in [6, 6.07) is 18.8. The third-order valence-electron chi connectivity index (χ3n) is 4.44. The van der Waals surface area contributed by atoms with Crippen LogP contribution < -0.4 is 0 Å². The highest BCUT2D eigenvalue weighted by Gasteiger charge is 2.12. The van der Waals surface area contributed by atoms with Crippen LogP contribution in [0.2, 0.25) is 0 Å². The fraction of sp³-hybridized carbons (Fsp3) is 0.0800. The lowest BCUT2D eigenvalue weighted by Crippen LogP contribution is -1.93. The molecular formula is C25H23NO2. The van der Waals surface area contributed by atoms with Crippen molar-refractivity contribution < 1.29 is 10.2 Å². The molecule has 0 heterocycles. The van der Waals surface area contributed by atoms with E-state index >= 15 is 0 Å². The van der Waals surface area contributed by atoms with Crippen LogP contribution in [-0.2, 0) is 12.8 Å². The highest BCUT2D eigenvalue weighted by atomic mass is 16.3. The average Bonchev–Trinajstić information content (AvgIpc) is 2.71. The maximum absolute atomic E-state index is 10.9. The van der Waals surface area contributed by atoms with E-state index in [4.69, 9.17) is 0 Å². The maximum Gasteiger partial charge on any atom is 0.132 e. The van der Waals surface area contributed by atoms with E-state index in [0.717, 1.165) is 22.4 Å². The number of rotatable bonds is 7. The fourth-order valence-corrected chi connectivity index (χ4v) is 3.05. The minimum atomic E-state index is 0.155. The molecule has 0 unspecified atom stereocenters.